The number of carbonyl (C=O) groups excluding carboxylic acids is 1. The van der Waals surface area contributed by atoms with Crippen LogP contribution in [0.3, 0.4) is 0 Å². The normalized spacial score (nSPS) is 10.6. The van der Waals surface area contributed by atoms with E-state index >= 15 is 0 Å². The van der Waals surface area contributed by atoms with Crippen molar-refractivity contribution in [2.75, 3.05) is 14.2 Å². The van der Waals surface area contributed by atoms with Crippen molar-refractivity contribution in [3.8, 4) is 17.1 Å². The van der Waals surface area contributed by atoms with Crippen LogP contribution in [-0.2, 0) is 17.8 Å². The molecule has 2 aromatic carbocycles. The van der Waals surface area contributed by atoms with E-state index in [2.05, 4.69) is 0 Å². The summed E-state index contributed by atoms with van der Waals surface area (Å²) in [7, 11) is 3.13. The second kappa shape index (κ2) is 8.54. The van der Waals surface area contributed by atoms with Gasteiger partial charge in [0.05, 0.1) is 7.11 Å². The molecule has 140 valence electrons. The molecule has 0 atom stereocenters. The van der Waals surface area contributed by atoms with Gasteiger partial charge in [-0.2, -0.15) is 0 Å². The molecule has 1 aromatic heterocycles. The van der Waals surface area contributed by atoms with Gasteiger partial charge < -0.3 is 14.1 Å². The van der Waals surface area contributed by atoms with Crippen LogP contribution >= 0.6 is 0 Å². The Morgan fingerprint density at radius 2 is 1.89 bits per heavy atom. The molecule has 0 aliphatic rings. The average Bonchev–Trinajstić information content (AvgIpc) is 3.16. The maximum absolute atomic E-state index is 13.8. The van der Waals surface area contributed by atoms with Crippen LogP contribution in [0.5, 0.6) is 5.75 Å². The van der Waals surface area contributed by atoms with Crippen molar-refractivity contribution < 1.29 is 18.3 Å². The summed E-state index contributed by atoms with van der Waals surface area (Å²) < 4.78 is 24.5. The number of halogens is 1. The summed E-state index contributed by atoms with van der Waals surface area (Å²) in [6, 6.07) is 18.4. The van der Waals surface area contributed by atoms with Crippen LogP contribution in [0.15, 0.2) is 65.1 Å². The van der Waals surface area contributed by atoms with Crippen LogP contribution < -0.4 is 4.74 Å². The topological polar surface area (TPSA) is 42.7 Å². The van der Waals surface area contributed by atoms with Crippen LogP contribution in [0, 0.1) is 5.82 Å². The smallest absolute Gasteiger partial charge is 0.223 e. The lowest BCUT2D eigenvalue weighted by molar-refractivity contribution is -0.130. The SMILES string of the molecule is COc1ccc(CN(C)C(=O)CCc2ccc(-c3ccccc3)o2)cc1F. The number of hydrogen-bond donors (Lipinski definition) is 0. The van der Waals surface area contributed by atoms with E-state index in [1.807, 2.05) is 42.5 Å². The first-order chi connectivity index (χ1) is 13.1. The monoisotopic (exact) mass is 367 g/mol. The highest BCUT2D eigenvalue weighted by Crippen LogP contribution is 2.23. The molecule has 5 heteroatoms. The van der Waals surface area contributed by atoms with Gasteiger partial charge in [0.1, 0.15) is 11.5 Å². The van der Waals surface area contributed by atoms with Crippen molar-refractivity contribution in [3.63, 3.8) is 0 Å². The summed E-state index contributed by atoms with van der Waals surface area (Å²) in [5, 5.41) is 0. The molecule has 0 saturated carbocycles. The van der Waals surface area contributed by atoms with Gasteiger partial charge in [0.15, 0.2) is 11.6 Å². The molecule has 3 aromatic rings. The number of carbonyl (C=O) groups is 1. The molecular weight excluding hydrogens is 345 g/mol. The summed E-state index contributed by atoms with van der Waals surface area (Å²) in [5.41, 5.74) is 1.72. The zero-order valence-corrected chi connectivity index (χ0v) is 15.4. The van der Waals surface area contributed by atoms with E-state index in [0.717, 1.165) is 17.1 Å². The average molecular weight is 367 g/mol. The third-order valence-electron chi connectivity index (χ3n) is 4.37. The lowest BCUT2D eigenvalue weighted by Gasteiger charge is -2.17. The molecule has 1 amide bonds. The molecule has 0 N–H and O–H groups in total. The minimum Gasteiger partial charge on any atom is -0.494 e. The van der Waals surface area contributed by atoms with Crippen molar-refractivity contribution >= 4 is 5.91 Å². The van der Waals surface area contributed by atoms with Crippen LogP contribution in [-0.4, -0.2) is 25.0 Å². The van der Waals surface area contributed by atoms with Crippen LogP contribution in [0.1, 0.15) is 17.7 Å². The van der Waals surface area contributed by atoms with Gasteiger partial charge in [-0.3, -0.25) is 4.79 Å². The number of methoxy groups -OCH3 is 1. The Labute approximate surface area is 158 Å². The van der Waals surface area contributed by atoms with Gasteiger partial charge in [-0.05, 0) is 29.8 Å². The molecule has 0 unspecified atom stereocenters. The van der Waals surface area contributed by atoms with E-state index in [1.54, 1.807) is 24.1 Å². The summed E-state index contributed by atoms with van der Waals surface area (Å²) in [6.07, 6.45) is 0.851. The summed E-state index contributed by atoms with van der Waals surface area (Å²) in [4.78, 5) is 14.0. The number of furan rings is 1. The second-order valence-electron chi connectivity index (χ2n) is 6.35. The maximum Gasteiger partial charge on any atom is 0.223 e. The number of rotatable bonds is 7. The Kier molecular flexibility index (Phi) is 5.91. The second-order valence-corrected chi connectivity index (χ2v) is 6.35. The highest BCUT2D eigenvalue weighted by atomic mass is 19.1. The number of ether oxygens (including phenoxy) is 1. The molecule has 3 rings (SSSR count). The van der Waals surface area contributed by atoms with Gasteiger partial charge in [0, 0.05) is 32.0 Å². The van der Waals surface area contributed by atoms with E-state index in [-0.39, 0.29) is 11.7 Å². The predicted octanol–water partition coefficient (Wildman–Crippen LogP) is 4.69. The molecule has 0 radical (unpaired) electrons. The van der Waals surface area contributed by atoms with Crippen LogP contribution in [0.2, 0.25) is 0 Å². The van der Waals surface area contributed by atoms with Crippen molar-refractivity contribution in [2.24, 2.45) is 0 Å². The highest BCUT2D eigenvalue weighted by Gasteiger charge is 2.13. The Hall–Kier alpha value is -3.08. The van der Waals surface area contributed by atoms with Crippen molar-refractivity contribution in [1.29, 1.82) is 0 Å². The maximum atomic E-state index is 13.8. The fourth-order valence-corrected chi connectivity index (χ4v) is 2.86. The zero-order valence-electron chi connectivity index (χ0n) is 15.4. The van der Waals surface area contributed by atoms with Gasteiger partial charge >= 0.3 is 0 Å². The molecule has 1 heterocycles. The molecule has 0 aliphatic heterocycles. The van der Waals surface area contributed by atoms with Crippen molar-refractivity contribution in [2.45, 2.75) is 19.4 Å². The van der Waals surface area contributed by atoms with Gasteiger partial charge in [0.2, 0.25) is 5.91 Å². The molecule has 0 bridgehead atoms. The molecule has 0 fully saturated rings. The molecule has 27 heavy (non-hydrogen) atoms. The molecule has 4 nitrogen and oxygen atoms in total. The molecule has 0 saturated heterocycles. The lowest BCUT2D eigenvalue weighted by atomic mass is 10.1. The largest absolute Gasteiger partial charge is 0.494 e. The van der Waals surface area contributed by atoms with Crippen molar-refractivity contribution in [1.82, 2.24) is 4.90 Å². The number of hydrogen-bond acceptors (Lipinski definition) is 3. The van der Waals surface area contributed by atoms with E-state index in [4.69, 9.17) is 9.15 Å². The Balaban J connectivity index is 1.54. The standard InChI is InChI=1S/C22H22FNO3/c1-24(15-16-8-11-21(26-2)19(23)14-16)22(25)13-10-18-9-12-20(27-18)17-6-4-3-5-7-17/h3-9,11-12,14H,10,13,15H2,1-2H3. The highest BCUT2D eigenvalue weighted by molar-refractivity contribution is 5.76. The Morgan fingerprint density at radius 1 is 1.11 bits per heavy atom. The number of nitrogens with zero attached hydrogens (tertiary/aromatic N) is 1. The first kappa shape index (κ1) is 18.7. The van der Waals surface area contributed by atoms with Gasteiger partial charge in [-0.15, -0.1) is 0 Å². The first-order valence-electron chi connectivity index (χ1n) is 8.77. The van der Waals surface area contributed by atoms with Gasteiger partial charge in [-0.25, -0.2) is 4.39 Å². The molecule has 0 aliphatic carbocycles. The van der Waals surface area contributed by atoms with Crippen LogP contribution in [0.25, 0.3) is 11.3 Å². The van der Waals surface area contributed by atoms with Gasteiger partial charge in [-0.1, -0.05) is 36.4 Å². The number of amides is 1. The quantitative estimate of drug-likeness (QED) is 0.609. The minimum atomic E-state index is -0.431. The van der Waals surface area contributed by atoms with Gasteiger partial charge in [0.25, 0.3) is 0 Å². The molecular formula is C22H22FNO3. The summed E-state index contributed by atoms with van der Waals surface area (Å²) in [6.45, 7) is 0.340. The van der Waals surface area contributed by atoms with Crippen LogP contribution in [0.4, 0.5) is 4.39 Å². The third kappa shape index (κ3) is 4.76. The number of aryl methyl sites for hydroxylation is 1. The van der Waals surface area contributed by atoms with E-state index in [9.17, 15) is 9.18 Å². The Bertz CT molecular complexity index is 905. The summed E-state index contributed by atoms with van der Waals surface area (Å²) in [5.74, 6) is 1.30. The third-order valence-corrected chi connectivity index (χ3v) is 4.37. The zero-order chi connectivity index (χ0) is 19.2. The first-order valence-corrected chi connectivity index (χ1v) is 8.77. The van der Waals surface area contributed by atoms with E-state index < -0.39 is 5.82 Å². The van der Waals surface area contributed by atoms with Crippen molar-refractivity contribution in [3.05, 3.63) is 77.8 Å². The Morgan fingerprint density at radius 3 is 2.59 bits per heavy atom. The minimum absolute atomic E-state index is 0.0242. The number of benzene rings is 2. The lowest BCUT2D eigenvalue weighted by Crippen LogP contribution is -2.26. The predicted molar refractivity (Wildman–Crippen MR) is 102 cm³/mol. The fraction of sp³-hybridized carbons (Fsp3) is 0.227. The summed E-state index contributed by atoms with van der Waals surface area (Å²) >= 11 is 0. The van der Waals surface area contributed by atoms with E-state index in [1.165, 1.54) is 13.2 Å². The molecule has 0 spiro atoms. The van der Waals surface area contributed by atoms with E-state index in [0.29, 0.717) is 24.9 Å². The fourth-order valence-electron chi connectivity index (χ4n) is 2.86.